The molecule has 0 aliphatic heterocycles. The molecule has 3 heterocycles. The topological polar surface area (TPSA) is 64.7 Å². The van der Waals surface area contributed by atoms with Crippen LogP contribution in [-0.4, -0.2) is 19.9 Å². The quantitative estimate of drug-likeness (QED) is 0.170. The summed E-state index contributed by atoms with van der Waals surface area (Å²) in [4.78, 5) is 20.3. The summed E-state index contributed by atoms with van der Waals surface area (Å²) in [5.41, 5.74) is 11.1. The van der Waals surface area contributed by atoms with Gasteiger partial charge in [0.15, 0.2) is 17.5 Å². The zero-order valence-electron chi connectivity index (χ0n) is 29.9. The summed E-state index contributed by atoms with van der Waals surface area (Å²) >= 11 is 1.69. The molecular formula is C50H30N4OS. The number of aromatic nitrogens is 4. The molecule has 6 heteroatoms. The number of rotatable bonds is 6. The molecule has 8 aromatic carbocycles. The summed E-state index contributed by atoms with van der Waals surface area (Å²) in [7, 11) is 0. The van der Waals surface area contributed by atoms with Gasteiger partial charge < -0.3 is 4.42 Å². The smallest absolute Gasteiger partial charge is 0.164 e. The van der Waals surface area contributed by atoms with Crippen molar-refractivity contribution in [3.8, 4) is 67.0 Å². The Kier molecular flexibility index (Phi) is 7.60. The number of furan rings is 1. The molecule has 0 aliphatic carbocycles. The summed E-state index contributed by atoms with van der Waals surface area (Å²) in [5, 5.41) is 5.30. The summed E-state index contributed by atoms with van der Waals surface area (Å²) in [5.74, 6) is 1.89. The van der Waals surface area contributed by atoms with Crippen molar-refractivity contribution in [2.24, 2.45) is 0 Å². The molecule has 0 saturated heterocycles. The Morgan fingerprint density at radius 3 is 1.82 bits per heavy atom. The fourth-order valence-corrected chi connectivity index (χ4v) is 8.63. The highest BCUT2D eigenvalue weighted by molar-refractivity contribution is 7.21. The number of hydrogen-bond acceptors (Lipinski definition) is 6. The van der Waals surface area contributed by atoms with Crippen LogP contribution >= 0.6 is 11.3 Å². The molecule has 0 radical (unpaired) electrons. The molecular weight excluding hydrogens is 705 g/mol. The van der Waals surface area contributed by atoms with Crippen molar-refractivity contribution < 1.29 is 4.42 Å². The van der Waals surface area contributed by atoms with Gasteiger partial charge in [0.2, 0.25) is 0 Å². The van der Waals surface area contributed by atoms with E-state index >= 15 is 0 Å². The first-order chi connectivity index (χ1) is 27.7. The van der Waals surface area contributed by atoms with Gasteiger partial charge in [-0.2, -0.15) is 0 Å². The lowest BCUT2D eigenvalue weighted by molar-refractivity contribution is 0.669. The third-order valence-corrected chi connectivity index (χ3v) is 11.4. The van der Waals surface area contributed by atoms with E-state index < -0.39 is 0 Å². The molecule has 3 aromatic heterocycles. The Morgan fingerprint density at radius 1 is 0.375 bits per heavy atom. The van der Waals surface area contributed by atoms with Crippen LogP contribution in [0.25, 0.3) is 110 Å². The molecule has 0 fully saturated rings. The maximum Gasteiger partial charge on any atom is 0.164 e. The van der Waals surface area contributed by atoms with Gasteiger partial charge in [0.1, 0.15) is 16.2 Å². The van der Waals surface area contributed by atoms with Crippen molar-refractivity contribution in [1.29, 1.82) is 0 Å². The van der Waals surface area contributed by atoms with Crippen LogP contribution in [0.15, 0.2) is 186 Å². The molecule has 5 nitrogen and oxygen atoms in total. The van der Waals surface area contributed by atoms with Gasteiger partial charge in [0.25, 0.3) is 0 Å². The third-order valence-electron chi connectivity index (χ3n) is 10.4. The van der Waals surface area contributed by atoms with Gasteiger partial charge >= 0.3 is 0 Å². The molecule has 11 rings (SSSR count). The Morgan fingerprint density at radius 2 is 1.02 bits per heavy atom. The lowest BCUT2D eigenvalue weighted by Gasteiger charge is -2.12. The maximum absolute atomic E-state index is 6.49. The third kappa shape index (κ3) is 5.63. The summed E-state index contributed by atoms with van der Waals surface area (Å²) in [6, 6.07) is 62.8. The lowest BCUT2D eigenvalue weighted by Crippen LogP contribution is -2.00. The predicted octanol–water partition coefficient (Wildman–Crippen LogP) is 13.5. The molecule has 262 valence electrons. The lowest BCUT2D eigenvalue weighted by atomic mass is 9.95. The van der Waals surface area contributed by atoms with Crippen molar-refractivity contribution >= 4 is 54.3 Å². The van der Waals surface area contributed by atoms with E-state index in [1.807, 2.05) is 48.5 Å². The molecule has 0 amide bonds. The number of fused-ring (bicyclic) bond motifs is 5. The van der Waals surface area contributed by atoms with E-state index in [1.165, 1.54) is 0 Å². The minimum Gasteiger partial charge on any atom is -0.456 e. The van der Waals surface area contributed by atoms with Crippen LogP contribution in [0.2, 0.25) is 0 Å². The molecule has 0 spiro atoms. The summed E-state index contributed by atoms with van der Waals surface area (Å²) < 4.78 is 7.59. The minimum atomic E-state index is 0.627. The van der Waals surface area contributed by atoms with Crippen LogP contribution in [-0.2, 0) is 0 Å². The largest absolute Gasteiger partial charge is 0.456 e. The van der Waals surface area contributed by atoms with Crippen LogP contribution in [0.3, 0.4) is 0 Å². The summed E-state index contributed by atoms with van der Waals surface area (Å²) in [6.07, 6.45) is 0. The standard InChI is InChI=1S/C50H30N4OS/c1-4-13-31(14-5-1)34-19-10-21-37(27-34)48-52-47(32-15-6-2-7-16-32)53-49(54-48)40-23-11-20-35-28-36(25-26-38(35)40)39-22-12-24-43-46(39)41-29-42-45(30-44(41)55-43)56-50(51-42)33-17-8-3-9-18-33/h1-30H. The van der Waals surface area contributed by atoms with Crippen molar-refractivity contribution in [2.45, 2.75) is 0 Å². The van der Waals surface area contributed by atoms with Gasteiger partial charge in [-0.3, -0.25) is 0 Å². The second-order valence-electron chi connectivity index (χ2n) is 13.8. The molecule has 0 saturated carbocycles. The molecule has 0 bridgehead atoms. The fraction of sp³-hybridized carbons (Fsp3) is 0. The maximum atomic E-state index is 6.49. The number of thiazole rings is 1. The van der Waals surface area contributed by atoms with Gasteiger partial charge in [-0.05, 0) is 57.3 Å². The zero-order valence-corrected chi connectivity index (χ0v) is 30.7. The molecule has 11 aromatic rings. The van der Waals surface area contributed by atoms with E-state index in [4.69, 9.17) is 24.4 Å². The van der Waals surface area contributed by atoms with E-state index in [0.717, 1.165) is 92.4 Å². The fourth-order valence-electron chi connectivity index (χ4n) is 7.65. The van der Waals surface area contributed by atoms with Crippen LogP contribution in [0.1, 0.15) is 0 Å². The van der Waals surface area contributed by atoms with E-state index in [2.05, 4.69) is 133 Å². The first kappa shape index (κ1) is 32.2. The Balaban J connectivity index is 1.03. The number of nitrogens with zero attached hydrogens (tertiary/aromatic N) is 4. The van der Waals surface area contributed by atoms with E-state index in [0.29, 0.717) is 17.5 Å². The predicted molar refractivity (Wildman–Crippen MR) is 230 cm³/mol. The van der Waals surface area contributed by atoms with Gasteiger partial charge in [-0.1, -0.05) is 152 Å². The van der Waals surface area contributed by atoms with Crippen LogP contribution in [0.4, 0.5) is 0 Å². The average molecular weight is 735 g/mol. The normalized spacial score (nSPS) is 11.6. The highest BCUT2D eigenvalue weighted by Crippen LogP contribution is 2.41. The Labute approximate surface area is 326 Å². The van der Waals surface area contributed by atoms with E-state index in [9.17, 15) is 0 Å². The van der Waals surface area contributed by atoms with E-state index in [-0.39, 0.29) is 0 Å². The Hall–Kier alpha value is -7.28. The second kappa shape index (κ2) is 13.2. The molecule has 0 aliphatic rings. The van der Waals surface area contributed by atoms with Crippen LogP contribution in [0, 0.1) is 0 Å². The molecule has 0 unspecified atom stereocenters. The highest BCUT2D eigenvalue weighted by Gasteiger charge is 2.18. The highest BCUT2D eigenvalue weighted by atomic mass is 32.1. The second-order valence-corrected chi connectivity index (χ2v) is 14.9. The molecule has 56 heavy (non-hydrogen) atoms. The van der Waals surface area contributed by atoms with Crippen LogP contribution < -0.4 is 0 Å². The monoisotopic (exact) mass is 734 g/mol. The van der Waals surface area contributed by atoms with E-state index in [1.54, 1.807) is 11.3 Å². The molecule has 0 N–H and O–H groups in total. The minimum absolute atomic E-state index is 0.627. The van der Waals surface area contributed by atoms with Crippen molar-refractivity contribution in [3.05, 3.63) is 182 Å². The van der Waals surface area contributed by atoms with Crippen LogP contribution in [0.5, 0.6) is 0 Å². The SMILES string of the molecule is c1ccc(-c2cccc(-c3nc(-c4ccccc4)nc(-c4cccc5cc(-c6cccc7oc8cc9sc(-c%10ccccc%10)nc9cc8c67)ccc45)n3)c2)cc1. The molecule has 0 atom stereocenters. The van der Waals surface area contributed by atoms with Crippen molar-refractivity contribution in [1.82, 2.24) is 19.9 Å². The summed E-state index contributed by atoms with van der Waals surface area (Å²) in [6.45, 7) is 0. The zero-order chi connectivity index (χ0) is 37.0. The van der Waals surface area contributed by atoms with Gasteiger partial charge in [0.05, 0.1) is 10.2 Å². The number of benzene rings is 8. The Bertz CT molecular complexity index is 3250. The van der Waals surface area contributed by atoms with Gasteiger partial charge in [0, 0.05) is 39.1 Å². The number of hydrogen-bond donors (Lipinski definition) is 0. The van der Waals surface area contributed by atoms with Crippen molar-refractivity contribution in [2.75, 3.05) is 0 Å². The average Bonchev–Trinajstić information content (AvgIpc) is 3.86. The van der Waals surface area contributed by atoms with Gasteiger partial charge in [-0.25, -0.2) is 19.9 Å². The first-order valence-corrected chi connectivity index (χ1v) is 19.4. The van der Waals surface area contributed by atoms with Crippen molar-refractivity contribution in [3.63, 3.8) is 0 Å². The first-order valence-electron chi connectivity index (χ1n) is 18.5. The van der Waals surface area contributed by atoms with Gasteiger partial charge in [-0.15, -0.1) is 11.3 Å².